The van der Waals surface area contributed by atoms with Gasteiger partial charge in [-0.3, -0.25) is 9.59 Å². The summed E-state index contributed by atoms with van der Waals surface area (Å²) in [6.45, 7) is 6.23. The second-order valence-corrected chi connectivity index (χ2v) is 3.29. The summed E-state index contributed by atoms with van der Waals surface area (Å²) < 4.78 is 4.94. The maximum absolute atomic E-state index is 11.1. The van der Waals surface area contributed by atoms with Crippen LogP contribution in [0.25, 0.3) is 0 Å². The first-order valence-electron chi connectivity index (χ1n) is 5.15. The molecule has 15 heavy (non-hydrogen) atoms. The summed E-state index contributed by atoms with van der Waals surface area (Å²) in [4.78, 5) is 23.6. The van der Waals surface area contributed by atoms with Gasteiger partial charge in [0, 0.05) is 13.6 Å². The average Bonchev–Trinajstić information content (AvgIpc) is 2.25. The molecular formula is C11H19NO3. The Balaban J connectivity index is 3.61. The highest BCUT2D eigenvalue weighted by Gasteiger charge is 2.08. The highest BCUT2D eigenvalue weighted by Crippen LogP contribution is 1.95. The van der Waals surface area contributed by atoms with Crippen LogP contribution in [0.3, 0.4) is 0 Å². The van der Waals surface area contributed by atoms with Crippen LogP contribution in [0.1, 0.15) is 26.2 Å². The zero-order chi connectivity index (χ0) is 11.7. The third kappa shape index (κ3) is 6.71. The van der Waals surface area contributed by atoms with E-state index in [-0.39, 0.29) is 18.3 Å². The molecule has 4 nitrogen and oxygen atoms in total. The van der Waals surface area contributed by atoms with Crippen LogP contribution < -0.4 is 0 Å². The number of carbonyl (C=O) groups excluding carboxylic acids is 2. The van der Waals surface area contributed by atoms with Crippen LogP contribution in [0.2, 0.25) is 0 Å². The molecule has 0 rings (SSSR count). The average molecular weight is 213 g/mol. The van der Waals surface area contributed by atoms with E-state index in [9.17, 15) is 9.59 Å². The summed E-state index contributed by atoms with van der Waals surface area (Å²) in [6.07, 6.45) is 3.34. The van der Waals surface area contributed by atoms with E-state index < -0.39 is 0 Å². The van der Waals surface area contributed by atoms with E-state index in [0.29, 0.717) is 13.2 Å². The molecule has 0 heterocycles. The second kappa shape index (κ2) is 8.03. The monoisotopic (exact) mass is 213 g/mol. The van der Waals surface area contributed by atoms with Gasteiger partial charge >= 0.3 is 5.97 Å². The molecule has 0 radical (unpaired) electrons. The minimum absolute atomic E-state index is 0.184. The van der Waals surface area contributed by atoms with Crippen molar-refractivity contribution in [1.29, 1.82) is 0 Å². The van der Waals surface area contributed by atoms with E-state index in [0.717, 1.165) is 12.8 Å². The molecule has 0 N–H and O–H groups in total. The molecule has 0 saturated carbocycles. The molecule has 0 atom stereocenters. The Bertz CT molecular complexity index is 226. The summed E-state index contributed by atoms with van der Waals surface area (Å²) in [5, 5.41) is 0. The van der Waals surface area contributed by atoms with Crippen molar-refractivity contribution in [2.45, 2.75) is 26.2 Å². The first kappa shape index (κ1) is 13.7. The van der Waals surface area contributed by atoms with E-state index in [1.807, 2.05) is 6.92 Å². The van der Waals surface area contributed by atoms with E-state index >= 15 is 0 Å². The second-order valence-electron chi connectivity index (χ2n) is 3.29. The Labute approximate surface area is 90.9 Å². The molecule has 0 aliphatic rings. The fraction of sp³-hybridized carbons (Fsp3) is 0.636. The molecule has 4 heteroatoms. The number of rotatable bonds is 7. The van der Waals surface area contributed by atoms with Gasteiger partial charge in [-0.2, -0.15) is 0 Å². The predicted octanol–water partition coefficient (Wildman–Crippen LogP) is 1.36. The molecule has 0 aromatic rings. The topological polar surface area (TPSA) is 46.6 Å². The molecular weight excluding hydrogens is 194 g/mol. The van der Waals surface area contributed by atoms with Crippen LogP contribution in [-0.2, 0) is 14.3 Å². The summed E-state index contributed by atoms with van der Waals surface area (Å²) in [7, 11) is 1.63. The van der Waals surface area contributed by atoms with Gasteiger partial charge < -0.3 is 9.64 Å². The lowest BCUT2D eigenvalue weighted by Gasteiger charge is -2.13. The highest BCUT2D eigenvalue weighted by atomic mass is 16.5. The number of amides is 1. The quantitative estimate of drug-likeness (QED) is 0.364. The Hall–Kier alpha value is -1.32. The summed E-state index contributed by atoms with van der Waals surface area (Å²) in [5.41, 5.74) is 0. The first-order valence-corrected chi connectivity index (χ1v) is 5.15. The smallest absolute Gasteiger partial charge is 0.307 e. The zero-order valence-corrected chi connectivity index (χ0v) is 9.49. The van der Waals surface area contributed by atoms with Crippen molar-refractivity contribution in [2.24, 2.45) is 0 Å². The number of esters is 1. The Morgan fingerprint density at radius 3 is 2.67 bits per heavy atom. The molecule has 0 saturated heterocycles. The van der Waals surface area contributed by atoms with Gasteiger partial charge in [-0.25, -0.2) is 0 Å². The molecule has 0 aromatic heterocycles. The molecule has 0 spiro atoms. The number of carbonyl (C=O) groups is 2. The molecule has 0 aliphatic carbocycles. The number of hydrogen-bond acceptors (Lipinski definition) is 3. The van der Waals surface area contributed by atoms with Crippen molar-refractivity contribution >= 4 is 11.9 Å². The number of unbranched alkanes of at least 4 members (excludes halogenated alkanes) is 1. The molecule has 0 bridgehead atoms. The van der Waals surface area contributed by atoms with Gasteiger partial charge in [0.1, 0.15) is 0 Å². The minimum Gasteiger partial charge on any atom is -0.466 e. The number of likely N-dealkylation sites (N-methyl/N-ethyl adjacent to an activating group) is 1. The maximum Gasteiger partial charge on any atom is 0.307 e. The van der Waals surface area contributed by atoms with Gasteiger partial charge in [-0.05, 0) is 12.5 Å². The maximum atomic E-state index is 11.1. The van der Waals surface area contributed by atoms with E-state index in [2.05, 4.69) is 6.58 Å². The largest absolute Gasteiger partial charge is 0.466 e. The predicted molar refractivity (Wildman–Crippen MR) is 58.3 cm³/mol. The first-order chi connectivity index (χ1) is 7.11. The standard InChI is InChI=1S/C11H19NO3/c1-4-6-9-15-11(14)7-8-12(3)10(13)5-2/h5H,2,4,6-9H2,1,3H3. The molecule has 1 amide bonds. The summed E-state index contributed by atoms with van der Waals surface area (Å²) >= 11 is 0. The van der Waals surface area contributed by atoms with Crippen molar-refractivity contribution in [3.8, 4) is 0 Å². The fourth-order valence-corrected chi connectivity index (χ4v) is 0.928. The molecule has 86 valence electrons. The minimum atomic E-state index is -0.257. The normalized spacial score (nSPS) is 9.47. The third-order valence-corrected chi connectivity index (χ3v) is 1.96. The fourth-order valence-electron chi connectivity index (χ4n) is 0.928. The van der Waals surface area contributed by atoms with Gasteiger partial charge in [0.2, 0.25) is 5.91 Å². The molecule has 0 fully saturated rings. The van der Waals surface area contributed by atoms with Gasteiger partial charge in [0.15, 0.2) is 0 Å². The van der Waals surface area contributed by atoms with Gasteiger partial charge in [0.05, 0.1) is 13.0 Å². The van der Waals surface area contributed by atoms with Crippen molar-refractivity contribution in [2.75, 3.05) is 20.2 Å². The van der Waals surface area contributed by atoms with E-state index in [1.165, 1.54) is 11.0 Å². The van der Waals surface area contributed by atoms with Crippen molar-refractivity contribution in [3.63, 3.8) is 0 Å². The van der Waals surface area contributed by atoms with Gasteiger partial charge in [0.25, 0.3) is 0 Å². The van der Waals surface area contributed by atoms with E-state index in [4.69, 9.17) is 4.74 Å². The van der Waals surface area contributed by atoms with Crippen molar-refractivity contribution < 1.29 is 14.3 Å². The van der Waals surface area contributed by atoms with Gasteiger partial charge in [-0.15, -0.1) is 0 Å². The Morgan fingerprint density at radius 2 is 2.13 bits per heavy atom. The summed E-state index contributed by atoms with van der Waals surface area (Å²) in [6, 6.07) is 0. The molecule has 0 aromatic carbocycles. The zero-order valence-electron chi connectivity index (χ0n) is 9.49. The Morgan fingerprint density at radius 1 is 1.47 bits per heavy atom. The van der Waals surface area contributed by atoms with Crippen LogP contribution in [0.5, 0.6) is 0 Å². The Kier molecular flexibility index (Phi) is 7.32. The van der Waals surface area contributed by atoms with Crippen LogP contribution in [-0.4, -0.2) is 37.0 Å². The molecule has 0 aliphatic heterocycles. The van der Waals surface area contributed by atoms with Crippen LogP contribution >= 0.6 is 0 Å². The van der Waals surface area contributed by atoms with Crippen molar-refractivity contribution in [1.82, 2.24) is 4.90 Å². The molecule has 0 unspecified atom stereocenters. The summed E-state index contributed by atoms with van der Waals surface area (Å²) in [5.74, 6) is -0.441. The highest BCUT2D eigenvalue weighted by molar-refractivity contribution is 5.87. The number of ether oxygens (including phenoxy) is 1. The number of hydrogen-bond donors (Lipinski definition) is 0. The number of nitrogens with zero attached hydrogens (tertiary/aromatic N) is 1. The van der Waals surface area contributed by atoms with Crippen LogP contribution in [0.4, 0.5) is 0 Å². The van der Waals surface area contributed by atoms with Crippen LogP contribution in [0.15, 0.2) is 12.7 Å². The van der Waals surface area contributed by atoms with Crippen LogP contribution in [0, 0.1) is 0 Å². The SMILES string of the molecule is C=CC(=O)N(C)CCC(=O)OCCCC. The van der Waals surface area contributed by atoms with Crippen molar-refractivity contribution in [3.05, 3.63) is 12.7 Å². The van der Waals surface area contributed by atoms with Gasteiger partial charge in [-0.1, -0.05) is 19.9 Å². The van der Waals surface area contributed by atoms with E-state index in [1.54, 1.807) is 7.05 Å². The lowest BCUT2D eigenvalue weighted by Crippen LogP contribution is -2.27. The third-order valence-electron chi connectivity index (χ3n) is 1.96. The lowest BCUT2D eigenvalue weighted by atomic mass is 10.3. The lowest BCUT2D eigenvalue weighted by molar-refractivity contribution is -0.144.